The number of rotatable bonds is 0. The Morgan fingerprint density at radius 2 is 2.25 bits per heavy atom. The van der Waals surface area contributed by atoms with Crippen LogP contribution in [0.4, 0.5) is 0 Å². The van der Waals surface area contributed by atoms with Crippen LogP contribution in [0.15, 0.2) is 21.5 Å². The van der Waals surface area contributed by atoms with Gasteiger partial charge in [-0.15, -0.1) is 0 Å². The van der Waals surface area contributed by atoms with Gasteiger partial charge < -0.3 is 4.52 Å². The van der Waals surface area contributed by atoms with Crippen molar-refractivity contribution in [1.29, 1.82) is 0 Å². The van der Waals surface area contributed by atoms with E-state index < -0.39 is 0 Å². The van der Waals surface area contributed by atoms with Crippen molar-refractivity contribution in [2.75, 3.05) is 0 Å². The zero-order valence-electron chi connectivity index (χ0n) is 6.35. The van der Waals surface area contributed by atoms with Crippen LogP contribution in [0.3, 0.4) is 0 Å². The van der Waals surface area contributed by atoms with Crippen LogP contribution in [0, 0.1) is 6.92 Å². The molecule has 2 aromatic rings. The van der Waals surface area contributed by atoms with Crippen molar-refractivity contribution in [3.8, 4) is 0 Å². The Morgan fingerprint density at radius 1 is 1.50 bits per heavy atom. The van der Waals surface area contributed by atoms with E-state index in [-0.39, 0.29) is 5.56 Å². The molecule has 0 spiro atoms. The highest BCUT2D eigenvalue weighted by Crippen LogP contribution is 2.22. The number of hydrogen-bond donors (Lipinski definition) is 1. The van der Waals surface area contributed by atoms with Crippen LogP contribution in [0.2, 0.25) is 5.02 Å². The molecular formula is C8H6ClNO2. The van der Waals surface area contributed by atoms with Gasteiger partial charge in [0.2, 0.25) is 0 Å². The second kappa shape index (κ2) is 2.38. The number of benzene rings is 1. The van der Waals surface area contributed by atoms with Gasteiger partial charge in [-0.25, -0.2) is 0 Å². The molecule has 0 aliphatic carbocycles. The molecule has 0 fully saturated rings. The maximum absolute atomic E-state index is 11.1. The molecule has 62 valence electrons. The van der Waals surface area contributed by atoms with Crippen molar-refractivity contribution in [2.24, 2.45) is 0 Å². The van der Waals surface area contributed by atoms with Gasteiger partial charge in [0.15, 0.2) is 5.58 Å². The molecule has 1 aromatic heterocycles. The van der Waals surface area contributed by atoms with Crippen LogP contribution >= 0.6 is 11.6 Å². The minimum Gasteiger partial charge on any atom is -0.377 e. The molecule has 3 nitrogen and oxygen atoms in total. The molecule has 0 amide bonds. The molecule has 4 heteroatoms. The summed E-state index contributed by atoms with van der Waals surface area (Å²) in [6, 6.07) is 3.49. The molecule has 0 aliphatic heterocycles. The Kier molecular flexibility index (Phi) is 1.48. The number of fused-ring (bicyclic) bond motifs is 1. The Morgan fingerprint density at radius 3 is 3.00 bits per heavy atom. The summed E-state index contributed by atoms with van der Waals surface area (Å²) >= 11 is 5.82. The normalized spacial score (nSPS) is 10.8. The molecule has 1 aromatic carbocycles. The molecule has 1 N–H and O–H groups in total. The van der Waals surface area contributed by atoms with E-state index in [2.05, 4.69) is 5.16 Å². The largest absolute Gasteiger partial charge is 0.377 e. The number of H-pyrrole nitrogens is 1. The van der Waals surface area contributed by atoms with Gasteiger partial charge in [0.05, 0.1) is 10.4 Å². The summed E-state index contributed by atoms with van der Waals surface area (Å²) in [7, 11) is 0. The van der Waals surface area contributed by atoms with Gasteiger partial charge in [-0.1, -0.05) is 11.6 Å². The summed E-state index contributed by atoms with van der Waals surface area (Å²) in [5.74, 6) is 0. The zero-order valence-corrected chi connectivity index (χ0v) is 7.11. The lowest BCUT2D eigenvalue weighted by Crippen LogP contribution is -1.96. The summed E-state index contributed by atoms with van der Waals surface area (Å²) in [6.45, 7) is 1.87. The molecule has 0 saturated heterocycles. The van der Waals surface area contributed by atoms with Gasteiger partial charge >= 0.3 is 0 Å². The van der Waals surface area contributed by atoms with E-state index in [4.69, 9.17) is 16.1 Å². The summed E-state index contributed by atoms with van der Waals surface area (Å²) in [6.07, 6.45) is 0. The van der Waals surface area contributed by atoms with E-state index >= 15 is 0 Å². The highest BCUT2D eigenvalue weighted by molar-refractivity contribution is 6.34. The predicted octanol–water partition coefficient (Wildman–Crippen LogP) is 2.08. The topological polar surface area (TPSA) is 46.0 Å². The molecule has 0 aliphatic rings. The molecule has 0 saturated carbocycles. The third-order valence-electron chi connectivity index (χ3n) is 1.68. The maximum atomic E-state index is 11.1. The van der Waals surface area contributed by atoms with Crippen molar-refractivity contribution in [3.05, 3.63) is 33.1 Å². The van der Waals surface area contributed by atoms with Crippen molar-refractivity contribution in [3.63, 3.8) is 0 Å². The first-order valence-electron chi connectivity index (χ1n) is 3.46. The summed E-state index contributed by atoms with van der Waals surface area (Å²) in [5, 5.41) is 3.19. The van der Waals surface area contributed by atoms with E-state index in [1.807, 2.05) is 6.92 Å². The highest BCUT2D eigenvalue weighted by Gasteiger charge is 2.07. The molecular weight excluding hydrogens is 178 g/mol. The fourth-order valence-electron chi connectivity index (χ4n) is 1.15. The standard InChI is InChI=1S/C8H6ClNO2/c1-4-2-5-7(6(9)3-4)12-10-8(5)11/h2-3H,1H3,(H,10,11). The first kappa shape index (κ1) is 7.43. The van der Waals surface area contributed by atoms with Crippen LogP contribution in [-0.2, 0) is 0 Å². The van der Waals surface area contributed by atoms with E-state index in [0.29, 0.717) is 16.0 Å². The lowest BCUT2D eigenvalue weighted by molar-refractivity contribution is 0.449. The van der Waals surface area contributed by atoms with Crippen molar-refractivity contribution < 1.29 is 4.52 Å². The van der Waals surface area contributed by atoms with Gasteiger partial charge in [-0.05, 0) is 24.6 Å². The first-order chi connectivity index (χ1) is 5.68. The van der Waals surface area contributed by atoms with Gasteiger partial charge in [0.1, 0.15) is 0 Å². The summed E-state index contributed by atoms with van der Waals surface area (Å²) in [5.41, 5.74) is 1.13. The van der Waals surface area contributed by atoms with Crippen LogP contribution in [0.25, 0.3) is 11.0 Å². The van der Waals surface area contributed by atoms with Gasteiger partial charge in [0.25, 0.3) is 5.56 Å². The summed E-state index contributed by atoms with van der Waals surface area (Å²) in [4.78, 5) is 11.1. The Hall–Kier alpha value is -1.22. The lowest BCUT2D eigenvalue weighted by atomic mass is 10.2. The number of halogens is 1. The van der Waals surface area contributed by atoms with E-state index in [9.17, 15) is 4.79 Å². The van der Waals surface area contributed by atoms with E-state index in [1.165, 1.54) is 0 Å². The fraction of sp³-hybridized carbons (Fsp3) is 0.125. The first-order valence-corrected chi connectivity index (χ1v) is 3.83. The Bertz CT molecular complexity index is 483. The maximum Gasteiger partial charge on any atom is 0.287 e. The third-order valence-corrected chi connectivity index (χ3v) is 1.96. The van der Waals surface area contributed by atoms with Crippen molar-refractivity contribution in [2.45, 2.75) is 6.92 Å². The lowest BCUT2D eigenvalue weighted by Gasteiger charge is -1.92. The third kappa shape index (κ3) is 0.940. The average Bonchev–Trinajstić information content (AvgIpc) is 2.33. The van der Waals surface area contributed by atoms with Crippen LogP contribution in [0.5, 0.6) is 0 Å². The minimum absolute atomic E-state index is 0.240. The number of aromatic nitrogens is 1. The summed E-state index contributed by atoms with van der Waals surface area (Å²) < 4.78 is 4.86. The smallest absolute Gasteiger partial charge is 0.287 e. The monoisotopic (exact) mass is 183 g/mol. The number of nitrogens with one attached hydrogen (secondary N) is 1. The SMILES string of the molecule is Cc1cc(Cl)c2o[nH]c(=O)c2c1. The molecule has 0 radical (unpaired) electrons. The Labute approximate surface area is 72.9 Å². The molecule has 0 bridgehead atoms. The predicted molar refractivity (Wildman–Crippen MR) is 46.6 cm³/mol. The van der Waals surface area contributed by atoms with E-state index in [0.717, 1.165) is 5.56 Å². The second-order valence-corrected chi connectivity index (χ2v) is 3.06. The second-order valence-electron chi connectivity index (χ2n) is 2.66. The highest BCUT2D eigenvalue weighted by atomic mass is 35.5. The van der Waals surface area contributed by atoms with Crippen LogP contribution in [0.1, 0.15) is 5.56 Å². The molecule has 0 unspecified atom stereocenters. The quantitative estimate of drug-likeness (QED) is 0.680. The number of aromatic amines is 1. The van der Waals surface area contributed by atoms with E-state index in [1.54, 1.807) is 12.1 Å². The van der Waals surface area contributed by atoms with Crippen LogP contribution < -0.4 is 5.56 Å². The Balaban J connectivity index is 3.02. The van der Waals surface area contributed by atoms with Crippen LogP contribution in [-0.4, -0.2) is 5.16 Å². The molecule has 12 heavy (non-hydrogen) atoms. The van der Waals surface area contributed by atoms with Crippen molar-refractivity contribution >= 4 is 22.6 Å². The molecule has 0 atom stereocenters. The molecule has 2 rings (SSSR count). The zero-order chi connectivity index (χ0) is 8.72. The van der Waals surface area contributed by atoms with Gasteiger partial charge in [-0.3, -0.25) is 4.79 Å². The average molecular weight is 184 g/mol. The van der Waals surface area contributed by atoms with Crippen molar-refractivity contribution in [1.82, 2.24) is 5.16 Å². The minimum atomic E-state index is -0.240. The number of hydrogen-bond acceptors (Lipinski definition) is 2. The number of aryl methyl sites for hydroxylation is 1. The van der Waals surface area contributed by atoms with Gasteiger partial charge in [0, 0.05) is 0 Å². The molecule has 1 heterocycles. The van der Waals surface area contributed by atoms with Gasteiger partial charge in [-0.2, -0.15) is 5.16 Å². The fourth-order valence-corrected chi connectivity index (χ4v) is 1.47.